The van der Waals surface area contributed by atoms with Crippen molar-refractivity contribution >= 4 is 21.9 Å². The lowest BCUT2D eigenvalue weighted by molar-refractivity contribution is -0.148. The van der Waals surface area contributed by atoms with E-state index in [0.717, 1.165) is 0 Å². The summed E-state index contributed by atoms with van der Waals surface area (Å²) in [5, 5.41) is 3.02. The molecule has 18 heavy (non-hydrogen) atoms. The largest absolute Gasteiger partial charge is 0.467 e. The van der Waals surface area contributed by atoms with Gasteiger partial charge in [-0.05, 0) is 40.5 Å². The van der Waals surface area contributed by atoms with E-state index in [1.165, 1.54) is 13.2 Å². The van der Waals surface area contributed by atoms with Crippen LogP contribution in [0, 0.1) is 5.82 Å². The molecule has 0 aliphatic carbocycles. The maximum absolute atomic E-state index is 13.2. The Morgan fingerprint density at radius 3 is 2.83 bits per heavy atom. The Morgan fingerprint density at radius 2 is 2.33 bits per heavy atom. The van der Waals surface area contributed by atoms with E-state index in [9.17, 15) is 9.18 Å². The highest BCUT2D eigenvalue weighted by molar-refractivity contribution is 9.10. The predicted molar refractivity (Wildman–Crippen MR) is 71.7 cm³/mol. The van der Waals surface area contributed by atoms with Crippen molar-refractivity contribution < 1.29 is 13.9 Å². The van der Waals surface area contributed by atoms with Crippen molar-refractivity contribution in [1.29, 1.82) is 0 Å². The van der Waals surface area contributed by atoms with E-state index in [-0.39, 0.29) is 5.82 Å². The Bertz CT molecular complexity index is 464. The van der Waals surface area contributed by atoms with Crippen LogP contribution in [0.3, 0.4) is 0 Å². The van der Waals surface area contributed by atoms with Crippen molar-refractivity contribution in [3.8, 4) is 0 Å². The number of carbonyl (C=O) groups excluding carboxylic acids is 1. The SMILES string of the molecule is C=CCNC(C)(C(=O)OC)c1ccc(F)c(Br)c1. The highest BCUT2D eigenvalue weighted by Crippen LogP contribution is 2.26. The Kier molecular flexibility index (Phi) is 5.04. The predicted octanol–water partition coefficient (Wildman–Crippen LogP) is 2.75. The number of nitrogens with one attached hydrogen (secondary N) is 1. The van der Waals surface area contributed by atoms with Crippen molar-refractivity contribution in [3.63, 3.8) is 0 Å². The molecule has 1 atom stereocenters. The maximum atomic E-state index is 13.2. The number of hydrogen-bond acceptors (Lipinski definition) is 3. The first-order valence-electron chi connectivity index (χ1n) is 5.35. The lowest BCUT2D eigenvalue weighted by Crippen LogP contribution is -2.47. The quantitative estimate of drug-likeness (QED) is 0.670. The topological polar surface area (TPSA) is 38.3 Å². The van der Waals surface area contributed by atoms with Gasteiger partial charge in [0.05, 0.1) is 11.6 Å². The smallest absolute Gasteiger partial charge is 0.330 e. The standard InChI is InChI=1S/C13H15BrFNO2/c1-4-7-16-13(2,12(17)18-3)9-5-6-11(15)10(14)8-9/h4-6,8,16H,1,7H2,2-3H3. The summed E-state index contributed by atoms with van der Waals surface area (Å²) in [6, 6.07) is 4.41. The van der Waals surface area contributed by atoms with Gasteiger partial charge in [-0.2, -0.15) is 0 Å². The molecule has 0 bridgehead atoms. The van der Waals surface area contributed by atoms with Gasteiger partial charge < -0.3 is 4.74 Å². The minimum absolute atomic E-state index is 0.301. The molecule has 0 radical (unpaired) electrons. The third-order valence-corrected chi connectivity index (χ3v) is 3.30. The van der Waals surface area contributed by atoms with Crippen molar-refractivity contribution in [1.82, 2.24) is 5.32 Å². The van der Waals surface area contributed by atoms with Crippen LogP contribution in [0.1, 0.15) is 12.5 Å². The zero-order valence-electron chi connectivity index (χ0n) is 10.3. The molecule has 0 aliphatic rings. The average Bonchev–Trinajstić information content (AvgIpc) is 2.38. The highest BCUT2D eigenvalue weighted by Gasteiger charge is 2.35. The first-order valence-corrected chi connectivity index (χ1v) is 6.15. The number of benzene rings is 1. The van der Waals surface area contributed by atoms with Crippen LogP contribution in [-0.2, 0) is 15.1 Å². The van der Waals surface area contributed by atoms with Gasteiger partial charge in [-0.3, -0.25) is 5.32 Å². The van der Waals surface area contributed by atoms with Crippen molar-refractivity contribution in [2.45, 2.75) is 12.5 Å². The number of rotatable bonds is 5. The molecular formula is C13H15BrFNO2. The Balaban J connectivity index is 3.20. The molecule has 5 heteroatoms. The molecule has 98 valence electrons. The molecule has 0 spiro atoms. The third kappa shape index (κ3) is 2.97. The second-order valence-electron chi connectivity index (χ2n) is 3.92. The number of methoxy groups -OCH3 is 1. The molecule has 0 saturated carbocycles. The van der Waals surface area contributed by atoms with E-state index < -0.39 is 11.5 Å². The molecule has 0 amide bonds. The molecule has 0 saturated heterocycles. The summed E-state index contributed by atoms with van der Waals surface area (Å²) in [7, 11) is 1.31. The second kappa shape index (κ2) is 6.11. The van der Waals surface area contributed by atoms with Gasteiger partial charge in [-0.15, -0.1) is 6.58 Å². The molecule has 0 fully saturated rings. The summed E-state index contributed by atoms with van der Waals surface area (Å²) >= 11 is 3.10. The summed E-state index contributed by atoms with van der Waals surface area (Å²) in [5.74, 6) is -0.822. The van der Waals surface area contributed by atoms with E-state index in [1.807, 2.05) is 0 Å². The minimum Gasteiger partial charge on any atom is -0.467 e. The summed E-state index contributed by atoms with van der Waals surface area (Å²) in [6.45, 7) is 5.70. The van der Waals surface area contributed by atoms with Crippen LogP contribution in [0.25, 0.3) is 0 Å². The Morgan fingerprint density at radius 1 is 1.67 bits per heavy atom. The van der Waals surface area contributed by atoms with Crippen LogP contribution in [0.5, 0.6) is 0 Å². The summed E-state index contributed by atoms with van der Waals surface area (Å²) in [6.07, 6.45) is 1.64. The summed E-state index contributed by atoms with van der Waals surface area (Å²) in [4.78, 5) is 11.9. The van der Waals surface area contributed by atoms with Crippen molar-refractivity contribution in [2.75, 3.05) is 13.7 Å². The van der Waals surface area contributed by atoms with Gasteiger partial charge in [0.15, 0.2) is 0 Å². The van der Waals surface area contributed by atoms with Crippen LogP contribution >= 0.6 is 15.9 Å². The zero-order valence-corrected chi connectivity index (χ0v) is 11.9. The molecule has 3 nitrogen and oxygen atoms in total. The van der Waals surface area contributed by atoms with E-state index in [4.69, 9.17) is 4.74 Å². The van der Waals surface area contributed by atoms with E-state index in [1.54, 1.807) is 25.1 Å². The number of esters is 1. The van der Waals surface area contributed by atoms with Gasteiger partial charge in [-0.25, -0.2) is 9.18 Å². The molecular weight excluding hydrogens is 301 g/mol. The lowest BCUT2D eigenvalue weighted by atomic mass is 9.92. The van der Waals surface area contributed by atoms with Gasteiger partial charge in [0.1, 0.15) is 11.4 Å². The second-order valence-corrected chi connectivity index (χ2v) is 4.77. The van der Waals surface area contributed by atoms with Gasteiger partial charge in [-0.1, -0.05) is 12.1 Å². The highest BCUT2D eigenvalue weighted by atomic mass is 79.9. The monoisotopic (exact) mass is 315 g/mol. The first kappa shape index (κ1) is 14.9. The van der Waals surface area contributed by atoms with Gasteiger partial charge >= 0.3 is 5.97 Å². The first-order chi connectivity index (χ1) is 8.45. The fraction of sp³-hybridized carbons (Fsp3) is 0.308. The number of halogens is 2. The molecule has 1 N–H and O–H groups in total. The average molecular weight is 316 g/mol. The Labute approximate surface area is 114 Å². The molecule has 1 rings (SSSR count). The lowest BCUT2D eigenvalue weighted by Gasteiger charge is -2.28. The number of carbonyl (C=O) groups is 1. The number of ether oxygens (including phenoxy) is 1. The fourth-order valence-electron chi connectivity index (χ4n) is 1.58. The minimum atomic E-state index is -1.04. The summed E-state index contributed by atoms with van der Waals surface area (Å²) < 4.78 is 18.3. The van der Waals surface area contributed by atoms with Crippen LogP contribution < -0.4 is 5.32 Å². The van der Waals surface area contributed by atoms with Gasteiger partial charge in [0.25, 0.3) is 0 Å². The van der Waals surface area contributed by atoms with Crippen molar-refractivity contribution in [2.24, 2.45) is 0 Å². The molecule has 1 unspecified atom stereocenters. The van der Waals surface area contributed by atoms with Gasteiger partial charge in [0, 0.05) is 6.54 Å². The molecule has 0 aliphatic heterocycles. The number of hydrogen-bond donors (Lipinski definition) is 1. The van der Waals surface area contributed by atoms with Crippen LogP contribution in [0.4, 0.5) is 4.39 Å². The molecule has 0 aromatic heterocycles. The fourth-order valence-corrected chi connectivity index (χ4v) is 1.96. The normalized spacial score (nSPS) is 13.8. The van der Waals surface area contributed by atoms with E-state index >= 15 is 0 Å². The third-order valence-electron chi connectivity index (χ3n) is 2.69. The zero-order chi connectivity index (χ0) is 13.8. The molecule has 0 heterocycles. The van der Waals surface area contributed by atoms with E-state index in [0.29, 0.717) is 16.6 Å². The maximum Gasteiger partial charge on any atom is 0.330 e. The molecule has 1 aromatic rings. The Hall–Kier alpha value is -1.20. The van der Waals surface area contributed by atoms with Gasteiger partial charge in [0.2, 0.25) is 0 Å². The summed E-state index contributed by atoms with van der Waals surface area (Å²) in [5.41, 5.74) is -0.427. The van der Waals surface area contributed by atoms with Crippen LogP contribution in [0.2, 0.25) is 0 Å². The molecule has 1 aromatic carbocycles. The van der Waals surface area contributed by atoms with E-state index in [2.05, 4.69) is 27.8 Å². The van der Waals surface area contributed by atoms with Crippen molar-refractivity contribution in [3.05, 3.63) is 46.7 Å². The van der Waals surface area contributed by atoms with Crippen LogP contribution in [-0.4, -0.2) is 19.6 Å². The van der Waals surface area contributed by atoms with Crippen LogP contribution in [0.15, 0.2) is 35.3 Å².